The lowest BCUT2D eigenvalue weighted by atomic mass is 9.33. The summed E-state index contributed by atoms with van der Waals surface area (Å²) in [5.74, 6) is 0. The van der Waals surface area contributed by atoms with Crippen molar-refractivity contribution < 1.29 is 0 Å². The molecule has 0 saturated heterocycles. The van der Waals surface area contributed by atoms with E-state index in [-0.39, 0.29) is 33.8 Å². The molecule has 0 saturated carbocycles. The van der Waals surface area contributed by atoms with E-state index in [1.54, 1.807) is 0 Å². The maximum absolute atomic E-state index is 2.62. The predicted octanol–water partition coefficient (Wildman–Crippen LogP) is 16.7. The number of fused-ring (bicyclic) bond motifs is 7. The lowest BCUT2D eigenvalue weighted by molar-refractivity contribution is 0.590. The monoisotopic (exact) mass is 928 g/mol. The maximum Gasteiger partial charge on any atom is 0.252 e. The fourth-order valence-electron chi connectivity index (χ4n) is 11.7. The fraction of sp³-hybridized carbons (Fsp3) is 0.284. The highest BCUT2D eigenvalue weighted by atomic mass is 15.2. The Bertz CT molecular complexity index is 3370. The van der Waals surface area contributed by atoms with Crippen molar-refractivity contribution in [3.05, 3.63) is 203 Å². The van der Waals surface area contributed by atoms with Crippen LogP contribution in [0.4, 0.5) is 51.2 Å². The van der Waals surface area contributed by atoms with Gasteiger partial charge in [-0.3, -0.25) is 0 Å². The molecule has 0 fully saturated rings. The Morgan fingerprint density at radius 3 is 1.49 bits per heavy atom. The average Bonchev–Trinajstić information content (AvgIpc) is 3.55. The van der Waals surface area contributed by atoms with Crippen LogP contribution in [0.2, 0.25) is 0 Å². The number of rotatable bonds is 5. The van der Waals surface area contributed by atoms with Crippen molar-refractivity contribution in [2.45, 2.75) is 124 Å². The highest BCUT2D eigenvalue weighted by molar-refractivity contribution is 7.00. The standard InChI is InChI=1S/C67H70BN3/c1-63(2,3)43-24-29-48(30-25-43)69(47-20-16-15-17-21-47)51-34-36-56-59(42-51)70(49-31-26-44(27-32-49)64(4,5)6)60-39-46(66(10,11)12)40-61-62(60)68(56)57-38-45(65(7,8)9)28-37-58(57)71(61)50-33-35-53-52-22-18-19-23-54(52)67(13,14)55(53)41-50/h15-42H,1-14H3. The van der Waals surface area contributed by atoms with Crippen LogP contribution in [0.3, 0.4) is 0 Å². The van der Waals surface area contributed by atoms with Gasteiger partial charge >= 0.3 is 0 Å². The topological polar surface area (TPSA) is 9.72 Å². The van der Waals surface area contributed by atoms with Gasteiger partial charge in [0.1, 0.15) is 0 Å². The van der Waals surface area contributed by atoms with E-state index in [0.29, 0.717) is 0 Å². The molecule has 0 atom stereocenters. The van der Waals surface area contributed by atoms with E-state index >= 15 is 0 Å². The molecule has 2 heterocycles. The molecular weight excluding hydrogens is 858 g/mol. The van der Waals surface area contributed by atoms with Gasteiger partial charge in [0.15, 0.2) is 0 Å². The molecule has 356 valence electrons. The molecule has 4 heteroatoms. The van der Waals surface area contributed by atoms with Gasteiger partial charge in [-0.05, 0) is 161 Å². The molecule has 0 bridgehead atoms. The Hall–Kier alpha value is -6.78. The Labute approximate surface area is 425 Å². The van der Waals surface area contributed by atoms with E-state index in [9.17, 15) is 0 Å². The average molecular weight is 928 g/mol. The first-order valence-electron chi connectivity index (χ1n) is 25.9. The highest BCUT2D eigenvalue weighted by Gasteiger charge is 2.45. The largest absolute Gasteiger partial charge is 0.311 e. The summed E-state index contributed by atoms with van der Waals surface area (Å²) in [6.07, 6.45) is 0. The molecule has 0 radical (unpaired) electrons. The summed E-state index contributed by atoms with van der Waals surface area (Å²) in [5.41, 5.74) is 25.1. The van der Waals surface area contributed by atoms with Gasteiger partial charge in [0.2, 0.25) is 0 Å². The van der Waals surface area contributed by atoms with Crippen LogP contribution in [-0.2, 0) is 27.1 Å². The quantitative estimate of drug-likeness (QED) is 0.159. The SMILES string of the molecule is CC(C)(C)c1ccc(N(c2ccccc2)c2ccc3c(c2)N(c2ccc(C(C)(C)C)cc2)c2cc(C(C)(C)C)cc4c2B3c2cc(C(C)(C)C)ccc2N4c2ccc3c(c2)C(C)(C)c2ccccc2-3)cc1. The van der Waals surface area contributed by atoms with Crippen molar-refractivity contribution >= 4 is 74.3 Å². The maximum atomic E-state index is 2.62. The number of anilines is 9. The summed E-state index contributed by atoms with van der Waals surface area (Å²) < 4.78 is 0. The van der Waals surface area contributed by atoms with Gasteiger partial charge in [-0.1, -0.05) is 188 Å². The van der Waals surface area contributed by atoms with Gasteiger partial charge in [0, 0.05) is 56.6 Å². The number of benzene rings is 8. The minimum absolute atomic E-state index is 0.0153. The van der Waals surface area contributed by atoms with Crippen LogP contribution in [0, 0.1) is 0 Å². The second-order valence-electron chi connectivity index (χ2n) is 25.2. The van der Waals surface area contributed by atoms with Crippen molar-refractivity contribution in [3.63, 3.8) is 0 Å². The summed E-state index contributed by atoms with van der Waals surface area (Å²) in [6.45, 7) is 32.7. The van der Waals surface area contributed by atoms with Crippen LogP contribution in [0.1, 0.15) is 130 Å². The van der Waals surface area contributed by atoms with Crippen molar-refractivity contribution in [2.75, 3.05) is 14.7 Å². The molecule has 11 rings (SSSR count). The summed E-state index contributed by atoms with van der Waals surface area (Å²) in [4.78, 5) is 7.65. The van der Waals surface area contributed by atoms with E-state index in [0.717, 1.165) is 22.7 Å². The van der Waals surface area contributed by atoms with Crippen LogP contribution < -0.4 is 31.1 Å². The first-order chi connectivity index (χ1) is 33.5. The number of hydrogen-bond donors (Lipinski definition) is 0. The van der Waals surface area contributed by atoms with Crippen LogP contribution in [0.25, 0.3) is 11.1 Å². The van der Waals surface area contributed by atoms with Gasteiger partial charge in [-0.2, -0.15) is 0 Å². The molecule has 8 aromatic carbocycles. The summed E-state index contributed by atoms with van der Waals surface area (Å²) in [5, 5.41) is 0. The molecule has 0 unspecified atom stereocenters. The van der Waals surface area contributed by atoms with Crippen molar-refractivity contribution in [1.82, 2.24) is 0 Å². The molecule has 0 spiro atoms. The Morgan fingerprint density at radius 1 is 0.366 bits per heavy atom. The third-order valence-corrected chi connectivity index (χ3v) is 15.9. The van der Waals surface area contributed by atoms with E-state index in [4.69, 9.17) is 0 Å². The van der Waals surface area contributed by atoms with E-state index in [2.05, 4.69) is 281 Å². The molecule has 0 N–H and O–H groups in total. The van der Waals surface area contributed by atoms with Crippen LogP contribution >= 0.6 is 0 Å². The van der Waals surface area contributed by atoms with E-state index < -0.39 is 0 Å². The molecule has 0 aromatic heterocycles. The first-order valence-corrected chi connectivity index (χ1v) is 25.9. The molecule has 1 aliphatic carbocycles. The normalized spacial score (nSPS) is 14.6. The summed E-state index contributed by atoms with van der Waals surface area (Å²) in [7, 11) is 0. The zero-order chi connectivity index (χ0) is 50.2. The summed E-state index contributed by atoms with van der Waals surface area (Å²) in [6, 6.07) is 65.5. The minimum atomic E-state index is -0.141. The first kappa shape index (κ1) is 46.6. The third kappa shape index (κ3) is 7.72. The van der Waals surface area contributed by atoms with Gasteiger partial charge < -0.3 is 14.7 Å². The van der Waals surface area contributed by atoms with Crippen molar-refractivity contribution in [3.8, 4) is 11.1 Å². The fourth-order valence-corrected chi connectivity index (χ4v) is 11.7. The van der Waals surface area contributed by atoms with Crippen LogP contribution in [0.5, 0.6) is 0 Å². The zero-order valence-electron chi connectivity index (χ0n) is 44.6. The van der Waals surface area contributed by atoms with Gasteiger partial charge in [-0.25, -0.2) is 0 Å². The predicted molar refractivity (Wildman–Crippen MR) is 308 cm³/mol. The Kier molecular flexibility index (Phi) is 10.6. The molecule has 3 aliphatic rings. The smallest absolute Gasteiger partial charge is 0.252 e. The lowest BCUT2D eigenvalue weighted by Crippen LogP contribution is -2.61. The van der Waals surface area contributed by atoms with Crippen molar-refractivity contribution in [2.24, 2.45) is 0 Å². The minimum Gasteiger partial charge on any atom is -0.311 e. The van der Waals surface area contributed by atoms with Crippen LogP contribution in [-0.4, -0.2) is 6.71 Å². The van der Waals surface area contributed by atoms with Gasteiger partial charge in [0.05, 0.1) is 0 Å². The number of para-hydroxylation sites is 1. The Balaban J connectivity index is 1.21. The number of nitrogens with zero attached hydrogens (tertiary/aromatic N) is 3. The summed E-state index contributed by atoms with van der Waals surface area (Å²) >= 11 is 0. The second kappa shape index (κ2) is 16.1. The van der Waals surface area contributed by atoms with E-state index in [1.807, 2.05) is 0 Å². The zero-order valence-corrected chi connectivity index (χ0v) is 44.6. The van der Waals surface area contributed by atoms with E-state index in [1.165, 1.54) is 89.3 Å². The third-order valence-electron chi connectivity index (χ3n) is 15.9. The highest BCUT2D eigenvalue weighted by Crippen LogP contribution is 2.53. The van der Waals surface area contributed by atoms with Crippen molar-refractivity contribution in [1.29, 1.82) is 0 Å². The van der Waals surface area contributed by atoms with Gasteiger partial charge in [0.25, 0.3) is 6.71 Å². The molecule has 71 heavy (non-hydrogen) atoms. The molecule has 8 aromatic rings. The number of hydrogen-bond acceptors (Lipinski definition) is 3. The molecular formula is C67H70BN3. The Morgan fingerprint density at radius 2 is 0.873 bits per heavy atom. The molecule has 2 aliphatic heterocycles. The molecule has 0 amide bonds. The second-order valence-corrected chi connectivity index (χ2v) is 25.2. The molecule has 3 nitrogen and oxygen atoms in total. The van der Waals surface area contributed by atoms with Gasteiger partial charge in [-0.15, -0.1) is 0 Å². The lowest BCUT2D eigenvalue weighted by Gasteiger charge is -2.46. The van der Waals surface area contributed by atoms with Crippen LogP contribution in [0.15, 0.2) is 170 Å².